The minimum atomic E-state index is 1.13. The van der Waals surface area contributed by atoms with Crippen LogP contribution in [0.4, 0.5) is 5.82 Å². The molecule has 2 heteroatoms. The molecule has 1 aliphatic rings. The fraction of sp³-hybridized carbons (Fsp3) is 0.357. The highest BCUT2D eigenvalue weighted by atomic mass is 15.2. The van der Waals surface area contributed by atoms with Crippen LogP contribution in [0, 0.1) is 6.07 Å². The van der Waals surface area contributed by atoms with Crippen molar-refractivity contribution in [2.75, 3.05) is 18.0 Å². The summed E-state index contributed by atoms with van der Waals surface area (Å²) in [7, 11) is 0. The van der Waals surface area contributed by atoms with Gasteiger partial charge >= 0.3 is 0 Å². The Morgan fingerprint density at radius 1 is 1.12 bits per heavy atom. The molecular formula is C14H15N2. The molecule has 16 heavy (non-hydrogen) atoms. The van der Waals surface area contributed by atoms with Gasteiger partial charge in [0.05, 0.1) is 0 Å². The van der Waals surface area contributed by atoms with Gasteiger partial charge in [-0.05, 0) is 36.8 Å². The first-order chi connectivity index (χ1) is 7.95. The average Bonchev–Trinajstić information content (AvgIpc) is 2.39. The van der Waals surface area contributed by atoms with Crippen LogP contribution < -0.4 is 4.90 Å². The molecule has 81 valence electrons. The normalized spacial score (nSPS) is 16.6. The van der Waals surface area contributed by atoms with Crippen LogP contribution in [0.1, 0.15) is 19.3 Å². The predicted molar refractivity (Wildman–Crippen MR) is 66.6 cm³/mol. The fourth-order valence-electron chi connectivity index (χ4n) is 2.39. The van der Waals surface area contributed by atoms with Gasteiger partial charge in [0.15, 0.2) is 0 Å². The van der Waals surface area contributed by atoms with Gasteiger partial charge in [-0.25, -0.2) is 4.98 Å². The van der Waals surface area contributed by atoms with Crippen molar-refractivity contribution in [3.8, 4) is 0 Å². The fourth-order valence-corrected chi connectivity index (χ4v) is 2.39. The molecule has 2 nitrogen and oxygen atoms in total. The third-order valence-corrected chi connectivity index (χ3v) is 3.22. The minimum Gasteiger partial charge on any atom is -0.356 e. The molecule has 0 amide bonds. The summed E-state index contributed by atoms with van der Waals surface area (Å²) < 4.78 is 0. The summed E-state index contributed by atoms with van der Waals surface area (Å²) in [5.74, 6) is 1.13. The van der Waals surface area contributed by atoms with Crippen LogP contribution in [-0.4, -0.2) is 18.1 Å². The zero-order chi connectivity index (χ0) is 10.8. The van der Waals surface area contributed by atoms with Crippen LogP contribution in [0.5, 0.6) is 0 Å². The van der Waals surface area contributed by atoms with Crippen LogP contribution in [0.2, 0.25) is 0 Å². The maximum absolute atomic E-state index is 4.54. The molecule has 2 aromatic rings. The van der Waals surface area contributed by atoms with Gasteiger partial charge in [0, 0.05) is 24.7 Å². The molecule has 0 bridgehead atoms. The Kier molecular flexibility index (Phi) is 2.49. The molecule has 1 aromatic heterocycles. The smallest absolute Gasteiger partial charge is 0.136 e. The highest BCUT2D eigenvalue weighted by Gasteiger charge is 2.14. The van der Waals surface area contributed by atoms with E-state index >= 15 is 0 Å². The number of anilines is 1. The summed E-state index contributed by atoms with van der Waals surface area (Å²) in [5.41, 5.74) is 0. The van der Waals surface area contributed by atoms with Crippen molar-refractivity contribution in [3.63, 3.8) is 0 Å². The van der Waals surface area contributed by atoms with E-state index in [4.69, 9.17) is 0 Å². The molecule has 1 fully saturated rings. The molecule has 0 unspecified atom stereocenters. The number of rotatable bonds is 1. The second-order valence-electron chi connectivity index (χ2n) is 4.31. The van der Waals surface area contributed by atoms with Crippen LogP contribution >= 0.6 is 0 Å². The highest BCUT2D eigenvalue weighted by Crippen LogP contribution is 2.25. The Morgan fingerprint density at radius 2 is 2.00 bits per heavy atom. The molecule has 2 heterocycles. The quantitative estimate of drug-likeness (QED) is 0.720. The lowest BCUT2D eigenvalue weighted by Crippen LogP contribution is -2.30. The summed E-state index contributed by atoms with van der Waals surface area (Å²) in [6, 6.07) is 11.4. The van der Waals surface area contributed by atoms with E-state index in [1.165, 1.54) is 24.6 Å². The molecule has 0 saturated carbocycles. The summed E-state index contributed by atoms with van der Waals surface area (Å²) in [5, 5.41) is 2.39. The SMILES string of the molecule is [c]1cccc2c(N3CCCCC3)nccc12. The topological polar surface area (TPSA) is 16.1 Å². The number of pyridine rings is 1. The summed E-state index contributed by atoms with van der Waals surface area (Å²) in [6.07, 6.45) is 5.82. The standard InChI is InChI=1S/C14H15N2/c1-4-10-16(11-5-1)14-13-7-3-2-6-12(13)8-9-15-14/h2-3,7-9H,1,4-5,10-11H2. The van der Waals surface area contributed by atoms with Gasteiger partial charge in [0.25, 0.3) is 0 Å². The highest BCUT2D eigenvalue weighted by molar-refractivity contribution is 5.91. The lowest BCUT2D eigenvalue weighted by molar-refractivity contribution is 0.575. The van der Waals surface area contributed by atoms with Crippen LogP contribution in [0.15, 0.2) is 30.5 Å². The van der Waals surface area contributed by atoms with Gasteiger partial charge in [-0.1, -0.05) is 18.2 Å². The van der Waals surface area contributed by atoms with E-state index in [-0.39, 0.29) is 0 Å². The largest absolute Gasteiger partial charge is 0.356 e. The summed E-state index contributed by atoms with van der Waals surface area (Å²) in [4.78, 5) is 6.94. The Labute approximate surface area is 95.9 Å². The maximum atomic E-state index is 4.54. The predicted octanol–water partition coefficient (Wildman–Crippen LogP) is 3.03. The van der Waals surface area contributed by atoms with Gasteiger partial charge in [0.1, 0.15) is 5.82 Å². The van der Waals surface area contributed by atoms with Crippen molar-refractivity contribution in [3.05, 3.63) is 36.5 Å². The lowest BCUT2D eigenvalue weighted by Gasteiger charge is -2.28. The molecule has 3 rings (SSSR count). The first-order valence-electron chi connectivity index (χ1n) is 5.95. The molecule has 0 spiro atoms. The summed E-state index contributed by atoms with van der Waals surface area (Å²) in [6.45, 7) is 2.28. The number of nitrogens with zero attached hydrogens (tertiary/aromatic N) is 2. The van der Waals surface area contributed by atoms with Crippen molar-refractivity contribution in [2.24, 2.45) is 0 Å². The molecular weight excluding hydrogens is 196 g/mol. The molecule has 1 aromatic carbocycles. The lowest BCUT2D eigenvalue weighted by atomic mass is 10.1. The van der Waals surface area contributed by atoms with Gasteiger partial charge in [0.2, 0.25) is 0 Å². The van der Waals surface area contributed by atoms with E-state index in [0.717, 1.165) is 24.3 Å². The van der Waals surface area contributed by atoms with E-state index in [2.05, 4.69) is 22.0 Å². The first-order valence-corrected chi connectivity index (χ1v) is 5.95. The van der Waals surface area contributed by atoms with Crippen molar-refractivity contribution in [1.82, 2.24) is 4.98 Å². The monoisotopic (exact) mass is 211 g/mol. The first kappa shape index (κ1) is 9.64. The number of fused-ring (bicyclic) bond motifs is 1. The molecule has 0 N–H and O–H groups in total. The maximum Gasteiger partial charge on any atom is 0.136 e. The van der Waals surface area contributed by atoms with Crippen molar-refractivity contribution >= 4 is 16.6 Å². The Bertz CT molecular complexity index is 482. The minimum absolute atomic E-state index is 1.13. The van der Waals surface area contributed by atoms with E-state index in [9.17, 15) is 0 Å². The van der Waals surface area contributed by atoms with Gasteiger partial charge in [-0.15, -0.1) is 0 Å². The molecule has 1 aliphatic heterocycles. The third-order valence-electron chi connectivity index (χ3n) is 3.22. The van der Waals surface area contributed by atoms with Crippen molar-refractivity contribution in [1.29, 1.82) is 0 Å². The van der Waals surface area contributed by atoms with E-state index in [1.807, 2.05) is 24.4 Å². The van der Waals surface area contributed by atoms with Crippen molar-refractivity contribution < 1.29 is 0 Å². The van der Waals surface area contributed by atoms with E-state index < -0.39 is 0 Å². The Hall–Kier alpha value is -1.57. The summed E-state index contributed by atoms with van der Waals surface area (Å²) >= 11 is 0. The van der Waals surface area contributed by atoms with E-state index in [1.54, 1.807) is 0 Å². The number of aromatic nitrogens is 1. The van der Waals surface area contributed by atoms with Crippen LogP contribution in [0.25, 0.3) is 10.8 Å². The van der Waals surface area contributed by atoms with Crippen LogP contribution in [0.3, 0.4) is 0 Å². The van der Waals surface area contributed by atoms with Gasteiger partial charge < -0.3 is 4.90 Å². The Balaban J connectivity index is 2.08. The second kappa shape index (κ2) is 4.12. The molecule has 0 atom stereocenters. The number of hydrogen-bond acceptors (Lipinski definition) is 2. The Morgan fingerprint density at radius 3 is 2.88 bits per heavy atom. The molecule has 1 radical (unpaired) electrons. The zero-order valence-electron chi connectivity index (χ0n) is 9.32. The third kappa shape index (κ3) is 1.64. The second-order valence-corrected chi connectivity index (χ2v) is 4.31. The average molecular weight is 211 g/mol. The van der Waals surface area contributed by atoms with Gasteiger partial charge in [-0.2, -0.15) is 0 Å². The zero-order valence-corrected chi connectivity index (χ0v) is 9.32. The number of benzene rings is 1. The van der Waals surface area contributed by atoms with Gasteiger partial charge in [-0.3, -0.25) is 0 Å². The number of hydrogen-bond donors (Lipinski definition) is 0. The molecule has 0 aliphatic carbocycles. The van der Waals surface area contributed by atoms with E-state index in [0.29, 0.717) is 0 Å². The molecule has 1 saturated heterocycles. The van der Waals surface area contributed by atoms with Crippen molar-refractivity contribution in [2.45, 2.75) is 19.3 Å². The number of piperidine rings is 1. The van der Waals surface area contributed by atoms with Crippen LogP contribution in [-0.2, 0) is 0 Å².